The van der Waals surface area contributed by atoms with Crippen molar-refractivity contribution in [3.05, 3.63) is 23.3 Å². The maximum Gasteiger partial charge on any atom is 0.170 e. The first-order chi connectivity index (χ1) is 10.7. The second-order valence-corrected chi connectivity index (χ2v) is 8.13. The highest BCUT2D eigenvalue weighted by atomic mass is 16.5. The molecule has 2 N–H and O–H groups in total. The zero-order valence-corrected chi connectivity index (χ0v) is 14.6. The van der Waals surface area contributed by atoms with Crippen LogP contribution >= 0.6 is 0 Å². The predicted octanol–water partition coefficient (Wildman–Crippen LogP) is 2.25. The van der Waals surface area contributed by atoms with Crippen molar-refractivity contribution in [3.8, 4) is 0 Å². The molecule has 3 aliphatic carbocycles. The van der Waals surface area contributed by atoms with Crippen LogP contribution in [-0.4, -0.2) is 41.9 Å². The van der Waals surface area contributed by atoms with Crippen molar-refractivity contribution in [2.45, 2.75) is 52.2 Å². The van der Waals surface area contributed by atoms with E-state index >= 15 is 0 Å². The van der Waals surface area contributed by atoms with E-state index in [-0.39, 0.29) is 17.8 Å². The van der Waals surface area contributed by atoms with E-state index in [4.69, 9.17) is 4.74 Å². The summed E-state index contributed by atoms with van der Waals surface area (Å²) in [6, 6.07) is 0. The molecule has 4 unspecified atom stereocenters. The molecule has 0 aromatic heterocycles. The van der Waals surface area contributed by atoms with Crippen LogP contribution in [0.15, 0.2) is 23.3 Å². The summed E-state index contributed by atoms with van der Waals surface area (Å²) in [5.41, 5.74) is 1.53. The average Bonchev–Trinajstić information content (AvgIpc) is 3.27. The van der Waals surface area contributed by atoms with Crippen molar-refractivity contribution in [2.24, 2.45) is 22.7 Å². The maximum absolute atomic E-state index is 13.2. The van der Waals surface area contributed by atoms with E-state index in [1.807, 2.05) is 0 Å². The van der Waals surface area contributed by atoms with Crippen LogP contribution < -0.4 is 0 Å². The largest absolute Gasteiger partial charge is 0.395 e. The van der Waals surface area contributed by atoms with Crippen molar-refractivity contribution in [3.63, 3.8) is 0 Å². The summed E-state index contributed by atoms with van der Waals surface area (Å²) >= 11 is 0. The van der Waals surface area contributed by atoms with Gasteiger partial charge < -0.3 is 14.9 Å². The number of carbonyl (C=O) groups excluding carboxylic acids is 1. The Labute approximate surface area is 138 Å². The Morgan fingerprint density at radius 3 is 2.43 bits per heavy atom. The van der Waals surface area contributed by atoms with E-state index in [1.54, 1.807) is 14.0 Å². The molecule has 3 aliphatic rings. The second-order valence-electron chi connectivity index (χ2n) is 8.13. The van der Waals surface area contributed by atoms with Gasteiger partial charge in [0.2, 0.25) is 0 Å². The van der Waals surface area contributed by atoms with Crippen LogP contribution in [0, 0.1) is 22.7 Å². The number of aliphatic hydroxyl groups is 2. The molecular weight excluding hydrogens is 292 g/mol. The third-order valence-electron chi connectivity index (χ3n) is 6.21. The van der Waals surface area contributed by atoms with Gasteiger partial charge in [0.25, 0.3) is 0 Å². The highest BCUT2D eigenvalue weighted by Gasteiger charge is 2.65. The summed E-state index contributed by atoms with van der Waals surface area (Å²) in [5, 5.41) is 20.8. The highest BCUT2D eigenvalue weighted by molar-refractivity contribution is 6.05. The SMILES string of the molecule is C=C1C(O)C2C(=C(CC(C)C)C13CC3)C(=O)C(C)(CO)C2OC. The van der Waals surface area contributed by atoms with Gasteiger partial charge in [0.05, 0.1) is 24.2 Å². The first kappa shape index (κ1) is 16.9. The second kappa shape index (κ2) is 5.27. The summed E-state index contributed by atoms with van der Waals surface area (Å²) in [5.74, 6) is -0.0316. The number of aliphatic hydroxyl groups excluding tert-OH is 2. The third-order valence-corrected chi connectivity index (χ3v) is 6.21. The molecule has 1 spiro atoms. The number of methoxy groups -OCH3 is 1. The van der Waals surface area contributed by atoms with Gasteiger partial charge in [0.1, 0.15) is 0 Å². The smallest absolute Gasteiger partial charge is 0.170 e. The summed E-state index contributed by atoms with van der Waals surface area (Å²) in [7, 11) is 1.55. The molecule has 0 bridgehead atoms. The Morgan fingerprint density at radius 2 is 2.00 bits per heavy atom. The van der Waals surface area contributed by atoms with E-state index in [2.05, 4.69) is 20.4 Å². The Morgan fingerprint density at radius 1 is 1.39 bits per heavy atom. The van der Waals surface area contributed by atoms with Gasteiger partial charge in [-0.25, -0.2) is 0 Å². The van der Waals surface area contributed by atoms with E-state index in [9.17, 15) is 15.0 Å². The number of allylic oxidation sites excluding steroid dienone is 1. The van der Waals surface area contributed by atoms with Gasteiger partial charge in [-0.05, 0) is 37.7 Å². The maximum atomic E-state index is 13.2. The highest BCUT2D eigenvalue weighted by Crippen LogP contribution is 2.66. The van der Waals surface area contributed by atoms with E-state index in [0.29, 0.717) is 5.92 Å². The Bertz CT molecular complexity index is 584. The molecule has 4 nitrogen and oxygen atoms in total. The lowest BCUT2D eigenvalue weighted by molar-refractivity contribution is -0.131. The number of hydrogen-bond acceptors (Lipinski definition) is 4. The molecule has 128 valence electrons. The van der Waals surface area contributed by atoms with Crippen LogP contribution in [0.2, 0.25) is 0 Å². The predicted molar refractivity (Wildman–Crippen MR) is 87.8 cm³/mol. The molecule has 4 heteroatoms. The van der Waals surface area contributed by atoms with Crippen molar-refractivity contribution in [1.82, 2.24) is 0 Å². The summed E-state index contributed by atoms with van der Waals surface area (Å²) in [4.78, 5) is 13.2. The van der Waals surface area contributed by atoms with Crippen LogP contribution in [0.25, 0.3) is 0 Å². The van der Waals surface area contributed by atoms with Crippen LogP contribution in [0.1, 0.15) is 40.0 Å². The van der Waals surface area contributed by atoms with Crippen molar-refractivity contribution in [1.29, 1.82) is 0 Å². The number of ketones is 1. The molecule has 2 saturated carbocycles. The molecule has 0 radical (unpaired) electrons. The van der Waals surface area contributed by atoms with Gasteiger partial charge in [-0.3, -0.25) is 4.79 Å². The number of hydrogen-bond donors (Lipinski definition) is 2. The quantitative estimate of drug-likeness (QED) is 0.780. The Kier molecular flexibility index (Phi) is 3.86. The number of carbonyl (C=O) groups is 1. The van der Waals surface area contributed by atoms with Gasteiger partial charge in [0.15, 0.2) is 5.78 Å². The number of ether oxygens (including phenoxy) is 1. The normalized spacial score (nSPS) is 38.7. The van der Waals surface area contributed by atoms with Gasteiger partial charge in [-0.15, -0.1) is 0 Å². The molecule has 0 saturated heterocycles. The minimum absolute atomic E-state index is 0.0506. The van der Waals surface area contributed by atoms with E-state index in [1.165, 1.54) is 0 Å². The molecule has 2 fully saturated rings. The van der Waals surface area contributed by atoms with Crippen molar-refractivity contribution in [2.75, 3.05) is 13.7 Å². The van der Waals surface area contributed by atoms with Gasteiger partial charge in [0, 0.05) is 24.0 Å². The minimum atomic E-state index is -0.987. The fourth-order valence-electron chi connectivity index (χ4n) is 4.78. The van der Waals surface area contributed by atoms with Gasteiger partial charge >= 0.3 is 0 Å². The Balaban J connectivity index is 2.22. The molecule has 23 heavy (non-hydrogen) atoms. The molecular formula is C19H28O4. The first-order valence-electron chi connectivity index (χ1n) is 8.54. The molecule has 4 atom stereocenters. The lowest BCUT2D eigenvalue weighted by Crippen LogP contribution is -2.44. The standard InChI is InChI=1S/C19H28O4/c1-10(2)8-12-13-14(15(21)11(3)19(12)6-7-19)17(23-5)18(4,9-20)16(13)22/h10,14-15,17,20-21H,3,6-9H2,1-2,4-5H3. The zero-order valence-electron chi connectivity index (χ0n) is 14.6. The lowest BCUT2D eigenvalue weighted by Gasteiger charge is -2.39. The number of Topliss-reactive ketones (excluding diaryl/α,β-unsaturated/α-hetero) is 1. The summed E-state index contributed by atoms with van der Waals surface area (Å²) in [6.45, 7) is 9.94. The van der Waals surface area contributed by atoms with Crippen LogP contribution in [0.3, 0.4) is 0 Å². The van der Waals surface area contributed by atoms with Gasteiger partial charge in [-0.1, -0.05) is 26.0 Å². The molecule has 0 heterocycles. The third kappa shape index (κ3) is 2.04. The molecule has 0 aromatic carbocycles. The van der Waals surface area contributed by atoms with E-state index in [0.717, 1.165) is 36.0 Å². The fraction of sp³-hybridized carbons (Fsp3) is 0.737. The Hall–Kier alpha value is -0.970. The molecule has 0 amide bonds. The first-order valence-corrected chi connectivity index (χ1v) is 8.54. The zero-order chi connectivity index (χ0) is 17.2. The number of fused-ring (bicyclic) bond motifs is 1. The molecule has 0 aliphatic heterocycles. The van der Waals surface area contributed by atoms with Crippen LogP contribution in [-0.2, 0) is 9.53 Å². The molecule has 3 rings (SSSR count). The van der Waals surface area contributed by atoms with Crippen molar-refractivity contribution >= 4 is 5.78 Å². The fourth-order valence-corrected chi connectivity index (χ4v) is 4.78. The van der Waals surface area contributed by atoms with Crippen molar-refractivity contribution < 1.29 is 19.7 Å². The number of rotatable bonds is 4. The van der Waals surface area contributed by atoms with Crippen LogP contribution in [0.5, 0.6) is 0 Å². The molecule has 0 aromatic rings. The monoisotopic (exact) mass is 320 g/mol. The average molecular weight is 320 g/mol. The summed E-state index contributed by atoms with van der Waals surface area (Å²) < 4.78 is 5.60. The topological polar surface area (TPSA) is 66.8 Å². The summed E-state index contributed by atoms with van der Waals surface area (Å²) in [6.07, 6.45) is 1.47. The lowest BCUT2D eigenvalue weighted by atomic mass is 9.68. The van der Waals surface area contributed by atoms with E-state index < -0.39 is 23.5 Å². The van der Waals surface area contributed by atoms with Gasteiger partial charge in [-0.2, -0.15) is 0 Å². The minimum Gasteiger partial charge on any atom is -0.395 e. The van der Waals surface area contributed by atoms with Crippen LogP contribution in [0.4, 0.5) is 0 Å².